The molecule has 0 radical (unpaired) electrons. The molecular formula is C23H18ClFN2O2. The number of nitrogens with zero attached hydrogens (tertiary/aromatic N) is 2. The number of hydrazone groups is 1. The Morgan fingerprint density at radius 2 is 1.83 bits per heavy atom. The standard InChI is InChI=1S/C23H18ClFN2O2/c1-28-18-9-4-15(5-10-18)23-27-21(19-12-16(24)6-11-22(19)29-23)13-20(26-27)14-2-7-17(25)8-3-14/h2-12,21,23H,13H2,1H3. The molecular weight excluding hydrogens is 391 g/mol. The first-order valence-electron chi connectivity index (χ1n) is 9.34. The number of hydrogen-bond acceptors (Lipinski definition) is 4. The third-order valence-electron chi connectivity index (χ3n) is 5.33. The van der Waals surface area contributed by atoms with Crippen LogP contribution in [0.2, 0.25) is 5.02 Å². The molecule has 2 heterocycles. The normalized spacial score (nSPS) is 19.8. The van der Waals surface area contributed by atoms with E-state index < -0.39 is 0 Å². The van der Waals surface area contributed by atoms with Crippen molar-refractivity contribution in [2.24, 2.45) is 5.10 Å². The fourth-order valence-corrected chi connectivity index (χ4v) is 4.04. The van der Waals surface area contributed by atoms with Crippen LogP contribution in [0.25, 0.3) is 0 Å². The predicted octanol–water partition coefficient (Wildman–Crippen LogP) is 5.73. The van der Waals surface area contributed by atoms with Crippen LogP contribution in [0.15, 0.2) is 71.8 Å². The maximum absolute atomic E-state index is 13.4. The molecule has 0 N–H and O–H groups in total. The Morgan fingerprint density at radius 1 is 1.07 bits per heavy atom. The third-order valence-corrected chi connectivity index (χ3v) is 5.57. The fourth-order valence-electron chi connectivity index (χ4n) is 3.86. The second kappa shape index (κ2) is 7.08. The Balaban J connectivity index is 1.58. The van der Waals surface area contributed by atoms with Gasteiger partial charge in [0, 0.05) is 22.6 Å². The Bertz CT molecular complexity index is 1080. The van der Waals surface area contributed by atoms with Crippen LogP contribution in [0.4, 0.5) is 4.39 Å². The van der Waals surface area contributed by atoms with Crippen molar-refractivity contribution in [3.05, 3.63) is 94.3 Å². The van der Waals surface area contributed by atoms with Crippen LogP contribution in [0, 0.1) is 5.82 Å². The van der Waals surface area contributed by atoms with Crippen LogP contribution in [-0.2, 0) is 0 Å². The number of benzene rings is 3. The van der Waals surface area contributed by atoms with E-state index in [1.54, 1.807) is 19.2 Å². The SMILES string of the molecule is COc1ccc(C2Oc3ccc(Cl)cc3C3CC(c4ccc(F)cc4)=NN32)cc1. The summed E-state index contributed by atoms with van der Waals surface area (Å²) >= 11 is 6.26. The Hall–Kier alpha value is -3.05. The van der Waals surface area contributed by atoms with Crippen molar-refractivity contribution in [3.8, 4) is 11.5 Å². The summed E-state index contributed by atoms with van der Waals surface area (Å²) in [6.07, 6.45) is 0.312. The van der Waals surface area contributed by atoms with E-state index in [9.17, 15) is 4.39 Å². The molecule has 2 aliphatic rings. The summed E-state index contributed by atoms with van der Waals surface area (Å²) in [6, 6.07) is 19.9. The Morgan fingerprint density at radius 3 is 2.55 bits per heavy atom. The Labute approximate surface area is 173 Å². The van der Waals surface area contributed by atoms with E-state index in [2.05, 4.69) is 0 Å². The number of hydrogen-bond donors (Lipinski definition) is 0. The monoisotopic (exact) mass is 408 g/mol. The topological polar surface area (TPSA) is 34.1 Å². The van der Waals surface area contributed by atoms with Crippen molar-refractivity contribution < 1.29 is 13.9 Å². The zero-order valence-electron chi connectivity index (χ0n) is 15.7. The molecule has 2 unspecified atom stereocenters. The van der Waals surface area contributed by atoms with Crippen molar-refractivity contribution in [2.45, 2.75) is 18.7 Å². The molecule has 29 heavy (non-hydrogen) atoms. The lowest BCUT2D eigenvalue weighted by Gasteiger charge is -2.38. The van der Waals surface area contributed by atoms with Crippen LogP contribution in [0.5, 0.6) is 11.5 Å². The first-order valence-corrected chi connectivity index (χ1v) is 9.72. The minimum absolute atomic E-state index is 0.00963. The van der Waals surface area contributed by atoms with Gasteiger partial charge in [-0.25, -0.2) is 9.40 Å². The maximum Gasteiger partial charge on any atom is 0.213 e. The first kappa shape index (κ1) is 18.0. The first-order chi connectivity index (χ1) is 14.1. The molecule has 0 fully saturated rings. The summed E-state index contributed by atoms with van der Waals surface area (Å²) in [7, 11) is 1.64. The number of methoxy groups -OCH3 is 1. The largest absolute Gasteiger partial charge is 0.497 e. The van der Waals surface area contributed by atoms with E-state index in [1.165, 1.54) is 12.1 Å². The molecule has 3 aromatic carbocycles. The lowest BCUT2D eigenvalue weighted by molar-refractivity contribution is -0.0190. The summed E-state index contributed by atoms with van der Waals surface area (Å²) in [5, 5.41) is 7.50. The summed E-state index contributed by atoms with van der Waals surface area (Å²) in [5.74, 6) is 1.32. The van der Waals surface area contributed by atoms with Crippen LogP contribution >= 0.6 is 11.6 Å². The van der Waals surface area contributed by atoms with Gasteiger partial charge in [0.25, 0.3) is 0 Å². The predicted molar refractivity (Wildman–Crippen MR) is 110 cm³/mol. The van der Waals surface area contributed by atoms with Gasteiger partial charge >= 0.3 is 0 Å². The van der Waals surface area contributed by atoms with Crippen LogP contribution < -0.4 is 9.47 Å². The molecule has 0 saturated heterocycles. The summed E-state index contributed by atoms with van der Waals surface area (Å²) in [4.78, 5) is 0. The van der Waals surface area contributed by atoms with Crippen LogP contribution in [0.1, 0.15) is 35.4 Å². The highest BCUT2D eigenvalue weighted by Gasteiger charge is 2.41. The quantitative estimate of drug-likeness (QED) is 0.555. The molecule has 146 valence electrons. The van der Waals surface area contributed by atoms with Gasteiger partial charge in [0.15, 0.2) is 0 Å². The van der Waals surface area contributed by atoms with Crippen LogP contribution in [0.3, 0.4) is 0 Å². The van der Waals surface area contributed by atoms with Gasteiger partial charge in [-0.2, -0.15) is 5.10 Å². The van der Waals surface area contributed by atoms with Gasteiger partial charge in [-0.15, -0.1) is 0 Å². The zero-order valence-corrected chi connectivity index (χ0v) is 16.4. The highest BCUT2D eigenvalue weighted by Crippen LogP contribution is 2.48. The van der Waals surface area contributed by atoms with E-state index >= 15 is 0 Å². The van der Waals surface area contributed by atoms with Crippen molar-refractivity contribution in [3.63, 3.8) is 0 Å². The van der Waals surface area contributed by atoms with Gasteiger partial charge in [-0.3, -0.25) is 0 Å². The minimum atomic E-state index is -0.377. The molecule has 2 atom stereocenters. The second-order valence-corrected chi connectivity index (χ2v) is 7.52. The molecule has 3 aromatic rings. The van der Waals surface area contributed by atoms with Gasteiger partial charge in [0.1, 0.15) is 17.3 Å². The summed E-state index contributed by atoms with van der Waals surface area (Å²) < 4.78 is 25.0. The number of halogens is 2. The highest BCUT2D eigenvalue weighted by atomic mass is 35.5. The smallest absolute Gasteiger partial charge is 0.213 e. The maximum atomic E-state index is 13.4. The van der Waals surface area contributed by atoms with E-state index in [1.807, 2.05) is 47.5 Å². The van der Waals surface area contributed by atoms with Gasteiger partial charge in [0.2, 0.25) is 6.23 Å². The fraction of sp³-hybridized carbons (Fsp3) is 0.174. The van der Waals surface area contributed by atoms with Gasteiger partial charge in [-0.1, -0.05) is 23.7 Å². The van der Waals surface area contributed by atoms with Crippen molar-refractivity contribution in [2.75, 3.05) is 7.11 Å². The molecule has 6 heteroatoms. The lowest BCUT2D eigenvalue weighted by atomic mass is 9.96. The average molecular weight is 409 g/mol. The number of rotatable bonds is 3. The third kappa shape index (κ3) is 3.21. The van der Waals surface area contributed by atoms with E-state index in [4.69, 9.17) is 26.2 Å². The van der Waals surface area contributed by atoms with Gasteiger partial charge < -0.3 is 9.47 Å². The van der Waals surface area contributed by atoms with Crippen molar-refractivity contribution in [1.82, 2.24) is 5.01 Å². The van der Waals surface area contributed by atoms with Crippen LogP contribution in [-0.4, -0.2) is 17.8 Å². The molecule has 0 bridgehead atoms. The molecule has 0 aromatic heterocycles. The Kier molecular flexibility index (Phi) is 4.40. The summed E-state index contributed by atoms with van der Waals surface area (Å²) in [5.41, 5.74) is 3.77. The molecule has 0 aliphatic carbocycles. The lowest BCUT2D eigenvalue weighted by Crippen LogP contribution is -2.33. The molecule has 0 amide bonds. The molecule has 0 spiro atoms. The van der Waals surface area contributed by atoms with E-state index in [0.717, 1.165) is 33.9 Å². The molecule has 2 aliphatic heterocycles. The highest BCUT2D eigenvalue weighted by molar-refractivity contribution is 6.30. The summed E-state index contributed by atoms with van der Waals surface area (Å²) in [6.45, 7) is 0. The van der Waals surface area contributed by atoms with Crippen molar-refractivity contribution >= 4 is 17.3 Å². The number of fused-ring (bicyclic) bond motifs is 3. The molecule has 4 nitrogen and oxygen atoms in total. The van der Waals surface area contributed by atoms with E-state index in [-0.39, 0.29) is 18.1 Å². The zero-order chi connectivity index (χ0) is 20.0. The van der Waals surface area contributed by atoms with E-state index in [0.29, 0.717) is 11.4 Å². The molecule has 5 rings (SSSR count). The van der Waals surface area contributed by atoms with Crippen molar-refractivity contribution in [1.29, 1.82) is 0 Å². The molecule has 0 saturated carbocycles. The average Bonchev–Trinajstić information content (AvgIpc) is 3.20. The second-order valence-electron chi connectivity index (χ2n) is 7.08. The van der Waals surface area contributed by atoms with Gasteiger partial charge in [-0.05, 0) is 60.2 Å². The number of ether oxygens (including phenoxy) is 2. The minimum Gasteiger partial charge on any atom is -0.497 e. The van der Waals surface area contributed by atoms with Gasteiger partial charge in [0.05, 0.1) is 18.9 Å².